The Balaban J connectivity index is 1.83. The second-order valence-electron chi connectivity index (χ2n) is 6.87. The highest BCUT2D eigenvalue weighted by molar-refractivity contribution is 5.87. The normalized spacial score (nSPS) is 17.2. The van der Waals surface area contributed by atoms with Crippen molar-refractivity contribution in [3.63, 3.8) is 0 Å². The molecule has 0 fully saturated rings. The molecule has 1 heterocycles. The molecule has 0 radical (unpaired) electrons. The summed E-state index contributed by atoms with van der Waals surface area (Å²) in [5.74, 6) is 0.299. The quantitative estimate of drug-likeness (QED) is 0.940. The van der Waals surface area contributed by atoms with Crippen LogP contribution in [0.3, 0.4) is 0 Å². The molecule has 1 aliphatic rings. The summed E-state index contributed by atoms with van der Waals surface area (Å²) in [5, 5.41) is 3.11. The van der Waals surface area contributed by atoms with E-state index in [1.807, 2.05) is 27.0 Å². The lowest BCUT2D eigenvalue weighted by Crippen LogP contribution is -2.42. The van der Waals surface area contributed by atoms with Gasteiger partial charge >= 0.3 is 0 Å². The average Bonchev–Trinajstić information content (AvgIpc) is 2.54. The van der Waals surface area contributed by atoms with E-state index in [4.69, 9.17) is 0 Å². The minimum atomic E-state index is -0.814. The fourth-order valence-electron chi connectivity index (χ4n) is 3.14. The van der Waals surface area contributed by atoms with Crippen molar-refractivity contribution in [3.8, 4) is 0 Å². The van der Waals surface area contributed by atoms with E-state index in [-0.39, 0.29) is 17.8 Å². The van der Waals surface area contributed by atoms with E-state index in [0.29, 0.717) is 5.56 Å². The van der Waals surface area contributed by atoms with Crippen LogP contribution in [0.2, 0.25) is 0 Å². The number of halogens is 1. The number of hydrogen-bond acceptors (Lipinski definition) is 3. The molecule has 0 saturated heterocycles. The van der Waals surface area contributed by atoms with Gasteiger partial charge in [0, 0.05) is 17.5 Å². The predicted molar refractivity (Wildman–Crippen MR) is 90.0 cm³/mol. The summed E-state index contributed by atoms with van der Waals surface area (Å²) in [4.78, 5) is 21.6. The topological polar surface area (TPSA) is 54.9 Å². The number of rotatable bonds is 3. The highest BCUT2D eigenvalue weighted by atomic mass is 19.1. The minimum absolute atomic E-state index is 0.0883. The first-order valence-corrected chi connectivity index (χ1v) is 8.27. The van der Waals surface area contributed by atoms with E-state index in [9.17, 15) is 9.18 Å². The van der Waals surface area contributed by atoms with Crippen LogP contribution in [0.1, 0.15) is 55.4 Å². The van der Waals surface area contributed by atoms with Crippen molar-refractivity contribution in [2.45, 2.75) is 51.5 Å². The van der Waals surface area contributed by atoms with Crippen LogP contribution >= 0.6 is 0 Å². The first-order valence-electron chi connectivity index (χ1n) is 8.27. The zero-order chi connectivity index (χ0) is 17.3. The van der Waals surface area contributed by atoms with Gasteiger partial charge in [-0.2, -0.15) is 0 Å². The molecular weight excluding hydrogens is 305 g/mol. The monoisotopic (exact) mass is 327 g/mol. The smallest absolute Gasteiger partial charge is 0.230 e. The second-order valence-corrected chi connectivity index (χ2v) is 6.87. The zero-order valence-corrected chi connectivity index (χ0v) is 14.3. The second kappa shape index (κ2) is 6.30. The van der Waals surface area contributed by atoms with Gasteiger partial charge in [0.15, 0.2) is 0 Å². The number of nitrogens with one attached hydrogen (secondary N) is 1. The van der Waals surface area contributed by atoms with Crippen LogP contribution in [0.25, 0.3) is 0 Å². The predicted octanol–water partition coefficient (Wildman–Crippen LogP) is 3.40. The van der Waals surface area contributed by atoms with Crippen LogP contribution < -0.4 is 5.32 Å². The lowest BCUT2D eigenvalue weighted by Gasteiger charge is -2.30. The molecule has 1 atom stereocenters. The van der Waals surface area contributed by atoms with Crippen LogP contribution in [-0.4, -0.2) is 15.9 Å². The Hall–Kier alpha value is -2.30. The molecule has 24 heavy (non-hydrogen) atoms. The number of fused-ring (bicyclic) bond motifs is 1. The minimum Gasteiger partial charge on any atom is -0.348 e. The van der Waals surface area contributed by atoms with Gasteiger partial charge in [0.25, 0.3) is 0 Å². The number of nitrogens with zero attached hydrogens (tertiary/aromatic N) is 2. The molecule has 1 N–H and O–H groups in total. The Labute approximate surface area is 141 Å². The van der Waals surface area contributed by atoms with E-state index in [0.717, 1.165) is 36.3 Å². The third-order valence-electron chi connectivity index (χ3n) is 4.72. The number of hydrogen-bond donors (Lipinski definition) is 1. The average molecular weight is 327 g/mol. The molecular formula is C19H22FN3O. The van der Waals surface area contributed by atoms with Crippen LogP contribution in [-0.2, 0) is 16.6 Å². The molecule has 1 aromatic heterocycles. The maximum absolute atomic E-state index is 13.5. The van der Waals surface area contributed by atoms with Crippen LogP contribution in [0.15, 0.2) is 30.5 Å². The third kappa shape index (κ3) is 3.16. The van der Waals surface area contributed by atoms with Crippen molar-refractivity contribution in [3.05, 3.63) is 58.9 Å². The molecule has 3 rings (SSSR count). The number of aromatic nitrogens is 2. The zero-order valence-electron chi connectivity index (χ0n) is 14.3. The van der Waals surface area contributed by atoms with Gasteiger partial charge < -0.3 is 5.32 Å². The van der Waals surface area contributed by atoms with Crippen LogP contribution in [0, 0.1) is 12.7 Å². The molecule has 1 amide bonds. The van der Waals surface area contributed by atoms with E-state index >= 15 is 0 Å². The standard InChI is InChI=1S/C19H22FN3O/c1-12-21-11-15-16(22-12)8-5-9-17(15)23-18(24)19(2,3)13-6-4-7-14(20)10-13/h4,6-7,10-11,17H,5,8-9H2,1-3H3,(H,23,24). The van der Waals surface area contributed by atoms with Crippen LogP contribution in [0.4, 0.5) is 4.39 Å². The lowest BCUT2D eigenvalue weighted by molar-refractivity contribution is -0.126. The summed E-state index contributed by atoms with van der Waals surface area (Å²) < 4.78 is 13.5. The summed E-state index contributed by atoms with van der Waals surface area (Å²) >= 11 is 0. The van der Waals surface area contributed by atoms with E-state index in [1.54, 1.807) is 12.1 Å². The fourth-order valence-corrected chi connectivity index (χ4v) is 3.14. The molecule has 0 bridgehead atoms. The van der Waals surface area contributed by atoms with Crippen molar-refractivity contribution in [2.24, 2.45) is 0 Å². The van der Waals surface area contributed by atoms with Crippen molar-refractivity contribution >= 4 is 5.91 Å². The number of carbonyl (C=O) groups excluding carboxylic acids is 1. The maximum atomic E-state index is 13.5. The Kier molecular flexibility index (Phi) is 4.35. The van der Waals surface area contributed by atoms with Gasteiger partial charge in [-0.3, -0.25) is 4.79 Å². The molecule has 0 aliphatic heterocycles. The van der Waals surface area contributed by atoms with E-state index in [1.165, 1.54) is 12.1 Å². The Morgan fingerprint density at radius 1 is 1.38 bits per heavy atom. The third-order valence-corrected chi connectivity index (χ3v) is 4.72. The molecule has 4 nitrogen and oxygen atoms in total. The lowest BCUT2D eigenvalue weighted by atomic mass is 9.82. The molecule has 1 aliphatic carbocycles. The van der Waals surface area contributed by atoms with Crippen LogP contribution in [0.5, 0.6) is 0 Å². The van der Waals surface area contributed by atoms with Crippen molar-refractivity contribution in [1.82, 2.24) is 15.3 Å². The Morgan fingerprint density at radius 3 is 2.92 bits per heavy atom. The molecule has 2 aromatic rings. The van der Waals surface area contributed by atoms with Crippen molar-refractivity contribution in [2.75, 3.05) is 0 Å². The van der Waals surface area contributed by atoms with Crippen molar-refractivity contribution in [1.29, 1.82) is 0 Å². The largest absolute Gasteiger partial charge is 0.348 e. The SMILES string of the molecule is Cc1ncc2c(n1)CCCC2NC(=O)C(C)(C)c1cccc(F)c1. The summed E-state index contributed by atoms with van der Waals surface area (Å²) in [6, 6.07) is 6.13. The Morgan fingerprint density at radius 2 is 2.17 bits per heavy atom. The first-order chi connectivity index (χ1) is 11.4. The molecule has 0 spiro atoms. The van der Waals surface area contributed by atoms with Gasteiger partial charge in [0.1, 0.15) is 11.6 Å². The summed E-state index contributed by atoms with van der Waals surface area (Å²) in [5.41, 5.74) is 1.86. The van der Waals surface area contributed by atoms with Crippen molar-refractivity contribution < 1.29 is 9.18 Å². The fraction of sp³-hybridized carbons (Fsp3) is 0.421. The first kappa shape index (κ1) is 16.6. The number of benzene rings is 1. The molecule has 1 aromatic carbocycles. The number of carbonyl (C=O) groups is 1. The number of amides is 1. The summed E-state index contributed by atoms with van der Waals surface area (Å²) in [6.07, 6.45) is 4.58. The maximum Gasteiger partial charge on any atom is 0.230 e. The highest BCUT2D eigenvalue weighted by Gasteiger charge is 2.33. The van der Waals surface area contributed by atoms with Gasteiger partial charge in [-0.1, -0.05) is 12.1 Å². The molecule has 126 valence electrons. The molecule has 0 saturated carbocycles. The summed E-state index contributed by atoms with van der Waals surface area (Å²) in [6.45, 7) is 5.49. The molecule has 1 unspecified atom stereocenters. The number of aryl methyl sites for hydroxylation is 2. The highest BCUT2D eigenvalue weighted by Crippen LogP contribution is 2.30. The van der Waals surface area contributed by atoms with E-state index < -0.39 is 5.41 Å². The van der Waals surface area contributed by atoms with Gasteiger partial charge in [-0.25, -0.2) is 14.4 Å². The van der Waals surface area contributed by atoms with Gasteiger partial charge in [-0.15, -0.1) is 0 Å². The van der Waals surface area contributed by atoms with Gasteiger partial charge in [-0.05, 0) is 57.7 Å². The molecule has 5 heteroatoms. The van der Waals surface area contributed by atoms with E-state index in [2.05, 4.69) is 15.3 Å². The van der Waals surface area contributed by atoms with Gasteiger partial charge in [0.05, 0.1) is 11.5 Å². The summed E-state index contributed by atoms with van der Waals surface area (Å²) in [7, 11) is 0. The van der Waals surface area contributed by atoms with Gasteiger partial charge in [0.2, 0.25) is 5.91 Å². The Bertz CT molecular complexity index is 773.